The maximum atomic E-state index is 11.9. The highest BCUT2D eigenvalue weighted by Gasteiger charge is 2.31. The summed E-state index contributed by atoms with van der Waals surface area (Å²) in [7, 11) is 1.40. The van der Waals surface area contributed by atoms with Gasteiger partial charge in [0.15, 0.2) is 0 Å². The molecule has 0 aliphatic heterocycles. The predicted octanol–water partition coefficient (Wildman–Crippen LogP) is 5.85. The molecule has 0 saturated heterocycles. The summed E-state index contributed by atoms with van der Waals surface area (Å²) < 4.78 is 5.87. The minimum atomic E-state index is -0.718. The van der Waals surface area contributed by atoms with Gasteiger partial charge in [0.05, 0.1) is 12.5 Å². The molecule has 0 amide bonds. The lowest BCUT2D eigenvalue weighted by molar-refractivity contribution is -0.146. The van der Waals surface area contributed by atoms with Gasteiger partial charge in [-0.1, -0.05) is 53.5 Å². The fourth-order valence-electron chi connectivity index (χ4n) is 2.61. The largest absolute Gasteiger partial charge is 0.468 e. The van der Waals surface area contributed by atoms with Crippen molar-refractivity contribution in [3.05, 3.63) is 82.6 Å². The van der Waals surface area contributed by atoms with Crippen molar-refractivity contribution in [1.82, 2.24) is 4.98 Å². The smallest absolute Gasteiger partial charge is 0.315 e. The van der Waals surface area contributed by atoms with E-state index in [1.807, 2.05) is 62.4 Å². The van der Waals surface area contributed by atoms with E-state index < -0.39 is 5.41 Å². The Balaban J connectivity index is 0.000000379. The molecular weight excluding hydrogens is 440 g/mol. The van der Waals surface area contributed by atoms with Crippen LogP contribution in [0.2, 0.25) is 0 Å². The third kappa shape index (κ3) is 6.20. The van der Waals surface area contributed by atoms with Crippen LogP contribution in [0.5, 0.6) is 0 Å². The Labute approximate surface area is 187 Å². The van der Waals surface area contributed by atoms with Gasteiger partial charge in [0.25, 0.3) is 0 Å². The Morgan fingerprint density at radius 3 is 2.37 bits per heavy atom. The zero-order chi connectivity index (χ0) is 21.4. The topological polar surface area (TPSA) is 65.2 Å². The van der Waals surface area contributed by atoms with Crippen LogP contribution in [0.4, 0.5) is 5.69 Å². The minimum absolute atomic E-state index is 0. The number of anilines is 1. The molecule has 2 aromatic carbocycles. The number of pyridine rings is 1. The number of benzene rings is 2. The molecule has 5 heteroatoms. The third-order valence-electron chi connectivity index (χ3n) is 4.43. The van der Waals surface area contributed by atoms with E-state index in [9.17, 15) is 4.79 Å². The van der Waals surface area contributed by atoms with Crippen molar-refractivity contribution >= 4 is 27.6 Å². The van der Waals surface area contributed by atoms with E-state index in [-0.39, 0.29) is 13.4 Å². The summed E-state index contributed by atoms with van der Waals surface area (Å²) in [4.78, 5) is 16.1. The summed E-state index contributed by atoms with van der Waals surface area (Å²) >= 11 is 3.46. The van der Waals surface area contributed by atoms with Crippen LogP contribution >= 0.6 is 15.9 Å². The zero-order valence-corrected chi connectivity index (χ0v) is 18.2. The molecule has 3 rings (SSSR count). The van der Waals surface area contributed by atoms with Gasteiger partial charge < -0.3 is 10.5 Å². The Morgan fingerprint density at radius 1 is 1.10 bits per heavy atom. The molecule has 4 nitrogen and oxygen atoms in total. The van der Waals surface area contributed by atoms with Gasteiger partial charge in [-0.25, -0.2) is 0 Å². The van der Waals surface area contributed by atoms with E-state index >= 15 is 0 Å². The van der Waals surface area contributed by atoms with Crippen molar-refractivity contribution < 1.29 is 9.53 Å². The number of nitrogens with zero attached hydrogens (tertiary/aromatic N) is 1. The molecule has 0 saturated carbocycles. The molecule has 0 bridgehead atoms. The second kappa shape index (κ2) is 11.2. The van der Waals surface area contributed by atoms with Crippen molar-refractivity contribution in [2.24, 2.45) is 0 Å². The number of carbonyl (C=O) groups is 1. The van der Waals surface area contributed by atoms with Crippen molar-refractivity contribution in [1.29, 1.82) is 0 Å². The Kier molecular flexibility index (Phi) is 9.29. The number of terminal acetylenes is 1. The number of methoxy groups -OCH3 is 1. The summed E-state index contributed by atoms with van der Waals surface area (Å²) in [6.07, 6.45) is 8.62. The van der Waals surface area contributed by atoms with E-state index in [0.717, 1.165) is 26.7 Å². The van der Waals surface area contributed by atoms with Crippen molar-refractivity contribution in [2.75, 3.05) is 12.8 Å². The van der Waals surface area contributed by atoms with Gasteiger partial charge in [0.2, 0.25) is 0 Å². The first-order valence-corrected chi connectivity index (χ1v) is 9.70. The van der Waals surface area contributed by atoms with Gasteiger partial charge in [-0.2, -0.15) is 0 Å². The van der Waals surface area contributed by atoms with E-state index in [2.05, 4.69) is 26.8 Å². The first kappa shape index (κ1) is 24.9. The van der Waals surface area contributed by atoms with E-state index in [1.165, 1.54) is 7.11 Å². The van der Waals surface area contributed by atoms with Gasteiger partial charge in [-0.05, 0) is 55.3 Å². The molecule has 3 aromatic rings. The van der Waals surface area contributed by atoms with E-state index in [4.69, 9.17) is 16.9 Å². The van der Waals surface area contributed by atoms with Gasteiger partial charge in [0.1, 0.15) is 0 Å². The first-order chi connectivity index (χ1) is 13.8. The number of carbonyl (C=O) groups excluding carboxylic acids is 1. The molecule has 0 aliphatic carbocycles. The molecule has 30 heavy (non-hydrogen) atoms. The van der Waals surface area contributed by atoms with E-state index in [0.29, 0.717) is 5.69 Å². The number of ether oxygens (including phenoxy) is 1. The molecule has 0 atom stereocenters. The van der Waals surface area contributed by atoms with Gasteiger partial charge >= 0.3 is 5.97 Å². The SMILES string of the molecule is C.C#Cc1ccccc1N.COC(=O)C(C)(C)c1cncc(-c2cccc(Br)c2)c1. The number of aromatic nitrogens is 1. The number of hydrogen-bond acceptors (Lipinski definition) is 4. The monoisotopic (exact) mass is 466 g/mol. The summed E-state index contributed by atoms with van der Waals surface area (Å²) in [6.45, 7) is 3.67. The second-order valence-electron chi connectivity index (χ2n) is 6.82. The zero-order valence-electron chi connectivity index (χ0n) is 16.6. The fraction of sp³-hybridized carbons (Fsp3) is 0.200. The Morgan fingerprint density at radius 2 is 1.80 bits per heavy atom. The molecule has 0 radical (unpaired) electrons. The van der Waals surface area contributed by atoms with Crippen LogP contribution in [0.25, 0.3) is 11.1 Å². The molecule has 0 unspecified atom stereocenters. The van der Waals surface area contributed by atoms with Crippen molar-refractivity contribution in [2.45, 2.75) is 26.7 Å². The third-order valence-corrected chi connectivity index (χ3v) is 4.92. The molecule has 2 N–H and O–H groups in total. The van der Waals surface area contributed by atoms with Crippen LogP contribution < -0.4 is 5.73 Å². The molecule has 0 spiro atoms. The number of nitrogen functional groups attached to an aromatic ring is 1. The minimum Gasteiger partial charge on any atom is -0.468 e. The number of nitrogens with two attached hydrogens (primary N) is 1. The molecule has 1 heterocycles. The Bertz CT molecular complexity index is 1040. The van der Waals surface area contributed by atoms with Crippen LogP contribution in [0, 0.1) is 12.3 Å². The quantitative estimate of drug-likeness (QED) is 0.298. The van der Waals surface area contributed by atoms with Crippen LogP contribution in [0.15, 0.2) is 71.5 Å². The number of hydrogen-bond donors (Lipinski definition) is 1. The highest BCUT2D eigenvalue weighted by Crippen LogP contribution is 2.29. The summed E-state index contributed by atoms with van der Waals surface area (Å²) in [5.74, 6) is 2.20. The van der Waals surface area contributed by atoms with Crippen LogP contribution in [-0.2, 0) is 14.9 Å². The van der Waals surface area contributed by atoms with E-state index in [1.54, 1.807) is 18.5 Å². The summed E-state index contributed by atoms with van der Waals surface area (Å²) in [6, 6.07) is 17.3. The average molecular weight is 467 g/mol. The van der Waals surface area contributed by atoms with Gasteiger partial charge in [-0.3, -0.25) is 9.78 Å². The number of halogens is 1. The lowest BCUT2D eigenvalue weighted by Crippen LogP contribution is -2.30. The Hall–Kier alpha value is -3.10. The van der Waals surface area contributed by atoms with Crippen LogP contribution in [0.1, 0.15) is 32.4 Å². The molecular formula is C25H27BrN2O2. The highest BCUT2D eigenvalue weighted by molar-refractivity contribution is 9.10. The fourth-order valence-corrected chi connectivity index (χ4v) is 3.01. The lowest BCUT2D eigenvalue weighted by atomic mass is 9.85. The van der Waals surface area contributed by atoms with Gasteiger partial charge in [-0.15, -0.1) is 6.42 Å². The number of para-hydroxylation sites is 1. The average Bonchev–Trinajstić information content (AvgIpc) is 2.74. The standard InChI is InChI=1S/C16H16BrNO2.C8H7N.CH4/c1-16(2,15(19)20-3)13-7-12(9-18-10-13)11-5-4-6-14(17)8-11;1-2-7-5-3-4-6-8(7)9;/h4-10H,1-3H3;1,3-6H,9H2;1H4. The summed E-state index contributed by atoms with van der Waals surface area (Å²) in [5, 5.41) is 0. The maximum absolute atomic E-state index is 11.9. The predicted molar refractivity (Wildman–Crippen MR) is 128 cm³/mol. The highest BCUT2D eigenvalue weighted by atomic mass is 79.9. The lowest BCUT2D eigenvalue weighted by Gasteiger charge is -2.22. The first-order valence-electron chi connectivity index (χ1n) is 8.90. The molecule has 0 fully saturated rings. The number of esters is 1. The number of rotatable bonds is 3. The van der Waals surface area contributed by atoms with Crippen LogP contribution in [0.3, 0.4) is 0 Å². The normalized spacial score (nSPS) is 9.97. The molecule has 1 aromatic heterocycles. The summed E-state index contributed by atoms with van der Waals surface area (Å²) in [5.41, 5.74) is 9.06. The van der Waals surface area contributed by atoms with Crippen LogP contribution in [-0.4, -0.2) is 18.1 Å². The molecule has 0 aliphatic rings. The maximum Gasteiger partial charge on any atom is 0.315 e. The molecule has 156 valence electrons. The van der Waals surface area contributed by atoms with Crippen molar-refractivity contribution in [3.8, 4) is 23.5 Å². The van der Waals surface area contributed by atoms with Gasteiger partial charge in [0, 0.05) is 33.7 Å². The van der Waals surface area contributed by atoms with Crippen molar-refractivity contribution in [3.63, 3.8) is 0 Å². The second-order valence-corrected chi connectivity index (χ2v) is 7.74.